The number of nitrogens with one attached hydrogen (secondary N) is 2. The van der Waals surface area contributed by atoms with Crippen molar-refractivity contribution in [1.29, 1.82) is 0 Å². The van der Waals surface area contributed by atoms with Gasteiger partial charge >= 0.3 is 12.0 Å². The smallest absolute Gasteiger partial charge is 0.335 e. The topological polar surface area (TPSA) is 98.7 Å². The molecule has 0 radical (unpaired) electrons. The zero-order valence-corrected chi connectivity index (χ0v) is 13.1. The van der Waals surface area contributed by atoms with Crippen molar-refractivity contribution < 1.29 is 19.8 Å². The Morgan fingerprint density at radius 3 is 2.35 bits per heavy atom. The van der Waals surface area contributed by atoms with Crippen molar-refractivity contribution in [3.63, 3.8) is 0 Å². The summed E-state index contributed by atoms with van der Waals surface area (Å²) in [5.74, 6) is -0.688. The molecule has 1 saturated carbocycles. The first-order valence-electron chi connectivity index (χ1n) is 8.08. The molecule has 6 nitrogen and oxygen atoms in total. The predicted octanol–water partition coefficient (Wildman–Crippen LogP) is 2.13. The van der Waals surface area contributed by atoms with E-state index in [4.69, 9.17) is 5.11 Å². The highest BCUT2D eigenvalue weighted by atomic mass is 16.4. The van der Waals surface area contributed by atoms with Crippen LogP contribution in [0.4, 0.5) is 4.79 Å². The fourth-order valence-electron chi connectivity index (χ4n) is 2.89. The van der Waals surface area contributed by atoms with E-state index in [2.05, 4.69) is 10.6 Å². The van der Waals surface area contributed by atoms with Crippen molar-refractivity contribution in [2.24, 2.45) is 5.92 Å². The number of aliphatic hydroxyl groups is 1. The summed E-state index contributed by atoms with van der Waals surface area (Å²) in [5, 5.41) is 24.3. The first-order valence-corrected chi connectivity index (χ1v) is 8.08. The van der Waals surface area contributed by atoms with Crippen molar-refractivity contribution in [2.75, 3.05) is 6.54 Å². The van der Waals surface area contributed by atoms with E-state index in [1.165, 1.54) is 18.6 Å². The van der Waals surface area contributed by atoms with Crippen LogP contribution in [-0.2, 0) is 6.54 Å². The number of urea groups is 1. The van der Waals surface area contributed by atoms with Crippen LogP contribution in [0.2, 0.25) is 0 Å². The number of aliphatic hydroxyl groups excluding tert-OH is 1. The lowest BCUT2D eigenvalue weighted by Crippen LogP contribution is -2.41. The molecule has 0 bridgehead atoms. The zero-order chi connectivity index (χ0) is 16.7. The normalized spacial score (nSPS) is 16.6. The van der Waals surface area contributed by atoms with Crippen molar-refractivity contribution >= 4 is 12.0 Å². The lowest BCUT2D eigenvalue weighted by molar-refractivity contribution is 0.0696. The minimum atomic E-state index is -0.973. The first-order chi connectivity index (χ1) is 11.1. The van der Waals surface area contributed by atoms with Crippen molar-refractivity contribution in [2.45, 2.75) is 44.8 Å². The van der Waals surface area contributed by atoms with E-state index in [9.17, 15) is 14.7 Å². The molecule has 126 valence electrons. The Balaban J connectivity index is 1.69. The van der Waals surface area contributed by atoms with Gasteiger partial charge in [0.15, 0.2) is 0 Å². The summed E-state index contributed by atoms with van der Waals surface area (Å²) in [6.45, 7) is 0.569. The lowest BCUT2D eigenvalue weighted by Gasteiger charge is -2.26. The fourth-order valence-corrected chi connectivity index (χ4v) is 2.89. The van der Waals surface area contributed by atoms with Gasteiger partial charge in [0.2, 0.25) is 0 Å². The Bertz CT molecular complexity index is 524. The standard InChI is InChI=1S/C17H24N2O4/c20-15(13-4-2-1-3-5-13)11-19-17(23)18-10-12-6-8-14(9-7-12)16(21)22/h6-9,13,15,20H,1-5,10-11H2,(H,21,22)(H2,18,19,23). The second-order valence-corrected chi connectivity index (χ2v) is 6.03. The summed E-state index contributed by atoms with van der Waals surface area (Å²) >= 11 is 0. The number of aromatic carboxylic acids is 1. The number of rotatable bonds is 6. The number of hydrogen-bond donors (Lipinski definition) is 4. The molecule has 1 atom stereocenters. The number of carboxylic acids is 1. The van der Waals surface area contributed by atoms with Gasteiger partial charge in [-0.25, -0.2) is 9.59 Å². The Kier molecular flexibility index (Phi) is 6.40. The van der Waals surface area contributed by atoms with Crippen LogP contribution >= 0.6 is 0 Å². The molecule has 2 amide bonds. The third-order valence-corrected chi connectivity index (χ3v) is 4.32. The minimum Gasteiger partial charge on any atom is -0.478 e. The molecule has 0 aliphatic heterocycles. The Morgan fingerprint density at radius 1 is 1.09 bits per heavy atom. The van der Waals surface area contributed by atoms with Gasteiger partial charge in [0.05, 0.1) is 11.7 Å². The van der Waals surface area contributed by atoms with E-state index in [0.29, 0.717) is 6.54 Å². The molecular formula is C17H24N2O4. The van der Waals surface area contributed by atoms with E-state index < -0.39 is 12.1 Å². The van der Waals surface area contributed by atoms with Gasteiger partial charge in [0.25, 0.3) is 0 Å². The van der Waals surface area contributed by atoms with Gasteiger partial charge in [-0.1, -0.05) is 31.4 Å². The number of carbonyl (C=O) groups excluding carboxylic acids is 1. The van der Waals surface area contributed by atoms with Gasteiger partial charge in [-0.15, -0.1) is 0 Å². The molecule has 23 heavy (non-hydrogen) atoms. The molecule has 2 rings (SSSR count). The molecule has 4 N–H and O–H groups in total. The number of amides is 2. The van der Waals surface area contributed by atoms with Crippen LogP contribution in [0, 0.1) is 5.92 Å². The van der Waals surface area contributed by atoms with Crippen LogP contribution in [0.5, 0.6) is 0 Å². The lowest BCUT2D eigenvalue weighted by atomic mass is 9.85. The molecule has 0 aromatic heterocycles. The SMILES string of the molecule is O=C(NCc1ccc(C(=O)O)cc1)NCC(O)C1CCCCC1. The summed E-state index contributed by atoms with van der Waals surface area (Å²) in [6.07, 6.45) is 5.11. The second kappa shape index (κ2) is 8.53. The maximum absolute atomic E-state index is 11.8. The molecule has 1 aromatic carbocycles. The summed E-state index contributed by atoms with van der Waals surface area (Å²) in [5.41, 5.74) is 1.03. The molecule has 1 aromatic rings. The monoisotopic (exact) mass is 320 g/mol. The quantitative estimate of drug-likeness (QED) is 0.645. The third kappa shape index (κ3) is 5.56. The van der Waals surface area contributed by atoms with E-state index in [-0.39, 0.29) is 24.1 Å². The van der Waals surface area contributed by atoms with E-state index >= 15 is 0 Å². The maximum Gasteiger partial charge on any atom is 0.335 e. The zero-order valence-electron chi connectivity index (χ0n) is 13.1. The number of carboxylic acid groups (broad SMARTS) is 1. The van der Waals surface area contributed by atoms with Gasteiger partial charge < -0.3 is 20.8 Å². The predicted molar refractivity (Wildman–Crippen MR) is 86.2 cm³/mol. The highest BCUT2D eigenvalue weighted by Crippen LogP contribution is 2.26. The van der Waals surface area contributed by atoms with E-state index in [0.717, 1.165) is 31.2 Å². The average molecular weight is 320 g/mol. The molecule has 0 heterocycles. The molecule has 0 spiro atoms. The third-order valence-electron chi connectivity index (χ3n) is 4.32. The van der Waals surface area contributed by atoms with Crippen LogP contribution in [0.3, 0.4) is 0 Å². The maximum atomic E-state index is 11.8. The fraction of sp³-hybridized carbons (Fsp3) is 0.529. The van der Waals surface area contributed by atoms with Crippen LogP contribution in [-0.4, -0.2) is 34.9 Å². The van der Waals surface area contributed by atoms with Gasteiger partial charge in [-0.3, -0.25) is 0 Å². The summed E-state index contributed by atoms with van der Waals surface area (Å²) < 4.78 is 0. The summed E-state index contributed by atoms with van der Waals surface area (Å²) in [6, 6.07) is 6.01. The van der Waals surface area contributed by atoms with Crippen LogP contribution in [0.15, 0.2) is 24.3 Å². The van der Waals surface area contributed by atoms with E-state index in [1.54, 1.807) is 12.1 Å². The number of benzene rings is 1. The largest absolute Gasteiger partial charge is 0.478 e. The molecular weight excluding hydrogens is 296 g/mol. The second-order valence-electron chi connectivity index (χ2n) is 6.03. The van der Waals surface area contributed by atoms with Crippen LogP contribution in [0.1, 0.15) is 48.0 Å². The van der Waals surface area contributed by atoms with Gasteiger partial charge in [0, 0.05) is 13.1 Å². The van der Waals surface area contributed by atoms with Crippen molar-refractivity contribution in [1.82, 2.24) is 10.6 Å². The molecule has 6 heteroatoms. The van der Waals surface area contributed by atoms with E-state index in [1.807, 2.05) is 0 Å². The van der Waals surface area contributed by atoms with Gasteiger partial charge in [0.1, 0.15) is 0 Å². The highest BCUT2D eigenvalue weighted by molar-refractivity contribution is 5.87. The molecule has 1 unspecified atom stereocenters. The van der Waals surface area contributed by atoms with Crippen molar-refractivity contribution in [3.05, 3.63) is 35.4 Å². The highest BCUT2D eigenvalue weighted by Gasteiger charge is 2.21. The average Bonchev–Trinajstić information content (AvgIpc) is 2.59. The molecule has 1 fully saturated rings. The van der Waals surface area contributed by atoms with Crippen LogP contribution in [0.25, 0.3) is 0 Å². The minimum absolute atomic E-state index is 0.216. The number of hydrogen-bond acceptors (Lipinski definition) is 3. The summed E-state index contributed by atoms with van der Waals surface area (Å²) in [7, 11) is 0. The molecule has 1 aliphatic rings. The molecule has 0 saturated heterocycles. The Labute approximate surface area is 135 Å². The number of carbonyl (C=O) groups is 2. The Hall–Kier alpha value is -2.08. The Morgan fingerprint density at radius 2 is 1.74 bits per heavy atom. The first kappa shape index (κ1) is 17.3. The molecule has 1 aliphatic carbocycles. The van der Waals surface area contributed by atoms with Crippen LogP contribution < -0.4 is 10.6 Å². The van der Waals surface area contributed by atoms with Crippen molar-refractivity contribution in [3.8, 4) is 0 Å². The van der Waals surface area contributed by atoms with Gasteiger partial charge in [-0.05, 0) is 36.5 Å². The van der Waals surface area contributed by atoms with Gasteiger partial charge in [-0.2, -0.15) is 0 Å². The summed E-state index contributed by atoms with van der Waals surface area (Å²) in [4.78, 5) is 22.5.